The van der Waals surface area contributed by atoms with E-state index in [1.165, 1.54) is 12.4 Å². The summed E-state index contributed by atoms with van der Waals surface area (Å²) in [5.41, 5.74) is 2.85. The van der Waals surface area contributed by atoms with Gasteiger partial charge in [-0.2, -0.15) is 0 Å². The first-order valence-corrected chi connectivity index (χ1v) is 11.2. The summed E-state index contributed by atoms with van der Waals surface area (Å²) in [6, 6.07) is 18.4. The Hall–Kier alpha value is -3.80. The van der Waals surface area contributed by atoms with Crippen molar-refractivity contribution in [3.8, 4) is 11.1 Å². The minimum atomic E-state index is -0.746. The van der Waals surface area contributed by atoms with Crippen LogP contribution in [0.3, 0.4) is 0 Å². The summed E-state index contributed by atoms with van der Waals surface area (Å²) in [6.07, 6.45) is 8.17. The van der Waals surface area contributed by atoms with Crippen LogP contribution >= 0.6 is 0 Å². The lowest BCUT2D eigenvalue weighted by Crippen LogP contribution is -2.54. The second-order valence-electron chi connectivity index (χ2n) is 8.40. The summed E-state index contributed by atoms with van der Waals surface area (Å²) in [4.78, 5) is 36.6. The zero-order valence-corrected chi connectivity index (χ0v) is 18.6. The van der Waals surface area contributed by atoms with Gasteiger partial charge >= 0.3 is 0 Å². The van der Waals surface area contributed by atoms with Gasteiger partial charge < -0.3 is 10.2 Å². The molecule has 1 N–H and O–H groups in total. The smallest absolute Gasteiger partial charge is 0.274 e. The van der Waals surface area contributed by atoms with Crippen molar-refractivity contribution in [1.82, 2.24) is 20.2 Å². The second kappa shape index (κ2) is 10.2. The highest BCUT2D eigenvalue weighted by Gasteiger charge is 2.44. The second-order valence-corrected chi connectivity index (χ2v) is 8.40. The summed E-state index contributed by atoms with van der Waals surface area (Å²) in [7, 11) is 0. The number of amides is 2. The third kappa shape index (κ3) is 5.00. The van der Waals surface area contributed by atoms with Crippen molar-refractivity contribution in [2.75, 3.05) is 19.6 Å². The third-order valence-corrected chi connectivity index (χ3v) is 6.17. The van der Waals surface area contributed by atoms with Crippen LogP contribution < -0.4 is 5.32 Å². The summed E-state index contributed by atoms with van der Waals surface area (Å²) in [5, 5.41) is 3.00. The third-order valence-electron chi connectivity index (χ3n) is 6.17. The quantitative estimate of drug-likeness (QED) is 0.565. The predicted octanol–water partition coefficient (Wildman–Crippen LogP) is 3.91. The standard InChI is InChI=1S/C27H28N4O2/c1-2-14-30-26(33)27(13-8-17-31(20-27)25(32)24-19-28-15-16-29-24)18-22-11-6-7-12-23(22)21-9-4-3-5-10-21/h2-7,9-12,15-16,19H,1,8,13-14,17-18,20H2,(H,30,33)/t27-/m0/s1. The largest absolute Gasteiger partial charge is 0.352 e. The Morgan fingerprint density at radius 3 is 2.64 bits per heavy atom. The SMILES string of the molecule is C=CCNC(=O)[C@]1(Cc2ccccc2-c2ccccc2)CCCN(C(=O)c2cnccn2)C1. The number of benzene rings is 2. The van der Waals surface area contributed by atoms with Crippen LogP contribution in [0.15, 0.2) is 85.8 Å². The highest BCUT2D eigenvalue weighted by atomic mass is 16.2. The summed E-state index contributed by atoms with van der Waals surface area (Å²) >= 11 is 0. The molecule has 4 rings (SSSR count). The fourth-order valence-electron chi connectivity index (χ4n) is 4.58. The van der Waals surface area contributed by atoms with E-state index in [-0.39, 0.29) is 11.8 Å². The molecule has 1 fully saturated rings. The zero-order valence-electron chi connectivity index (χ0n) is 18.6. The average Bonchev–Trinajstić information content (AvgIpc) is 2.88. The molecule has 1 aromatic heterocycles. The van der Waals surface area contributed by atoms with Crippen molar-refractivity contribution in [3.63, 3.8) is 0 Å². The molecule has 2 aromatic carbocycles. The van der Waals surface area contributed by atoms with Crippen LogP contribution in [0.4, 0.5) is 0 Å². The van der Waals surface area contributed by atoms with Crippen LogP contribution in [0.25, 0.3) is 11.1 Å². The topological polar surface area (TPSA) is 75.2 Å². The molecule has 0 spiro atoms. The fraction of sp³-hybridized carbons (Fsp3) is 0.259. The molecule has 2 heterocycles. The van der Waals surface area contributed by atoms with Gasteiger partial charge in [0, 0.05) is 32.0 Å². The van der Waals surface area contributed by atoms with E-state index in [1.54, 1.807) is 17.2 Å². The molecule has 1 aliphatic heterocycles. The zero-order chi connectivity index (χ0) is 23.1. The van der Waals surface area contributed by atoms with Crippen LogP contribution in [0.2, 0.25) is 0 Å². The van der Waals surface area contributed by atoms with E-state index >= 15 is 0 Å². The van der Waals surface area contributed by atoms with Crippen molar-refractivity contribution in [1.29, 1.82) is 0 Å². The monoisotopic (exact) mass is 440 g/mol. The van der Waals surface area contributed by atoms with Crippen molar-refractivity contribution in [3.05, 3.63) is 97.1 Å². The molecule has 0 saturated carbocycles. The summed E-state index contributed by atoms with van der Waals surface area (Å²) < 4.78 is 0. The van der Waals surface area contributed by atoms with Crippen molar-refractivity contribution >= 4 is 11.8 Å². The number of likely N-dealkylation sites (tertiary alicyclic amines) is 1. The number of carbonyl (C=O) groups excluding carboxylic acids is 2. The number of aromatic nitrogens is 2. The van der Waals surface area contributed by atoms with E-state index in [1.807, 2.05) is 30.3 Å². The molecule has 6 nitrogen and oxygen atoms in total. The van der Waals surface area contributed by atoms with Crippen LogP contribution in [-0.4, -0.2) is 46.3 Å². The van der Waals surface area contributed by atoms with Gasteiger partial charge in [-0.3, -0.25) is 14.6 Å². The van der Waals surface area contributed by atoms with Gasteiger partial charge in [0.2, 0.25) is 5.91 Å². The first-order valence-electron chi connectivity index (χ1n) is 11.2. The molecule has 0 radical (unpaired) electrons. The summed E-state index contributed by atoms with van der Waals surface area (Å²) in [5.74, 6) is -0.248. The Morgan fingerprint density at radius 1 is 1.09 bits per heavy atom. The minimum absolute atomic E-state index is 0.0538. The van der Waals surface area contributed by atoms with Gasteiger partial charge in [0.15, 0.2) is 0 Å². The lowest BCUT2D eigenvalue weighted by atomic mass is 9.73. The number of hydrogen-bond donors (Lipinski definition) is 1. The Bertz CT molecular complexity index is 1120. The van der Waals surface area contributed by atoms with Crippen molar-refractivity contribution < 1.29 is 9.59 Å². The van der Waals surface area contributed by atoms with Gasteiger partial charge in [-0.25, -0.2) is 4.98 Å². The first kappa shape index (κ1) is 22.4. The molecule has 1 aliphatic rings. The Labute approximate surface area is 194 Å². The number of carbonyl (C=O) groups is 2. The molecular formula is C27H28N4O2. The van der Waals surface area contributed by atoms with Crippen LogP contribution in [0, 0.1) is 5.41 Å². The maximum absolute atomic E-state index is 13.5. The van der Waals surface area contributed by atoms with E-state index in [0.29, 0.717) is 38.2 Å². The van der Waals surface area contributed by atoms with E-state index in [9.17, 15) is 9.59 Å². The number of piperidine rings is 1. The van der Waals surface area contributed by atoms with E-state index in [0.717, 1.165) is 23.1 Å². The molecule has 0 bridgehead atoms. The molecule has 0 aliphatic carbocycles. The van der Waals surface area contributed by atoms with E-state index in [4.69, 9.17) is 0 Å². The highest BCUT2D eigenvalue weighted by molar-refractivity contribution is 5.93. The van der Waals surface area contributed by atoms with Crippen LogP contribution in [0.5, 0.6) is 0 Å². The molecule has 1 saturated heterocycles. The Balaban J connectivity index is 1.68. The molecular weight excluding hydrogens is 412 g/mol. The van der Waals surface area contributed by atoms with Gasteiger partial charge in [0.05, 0.1) is 11.6 Å². The maximum atomic E-state index is 13.5. The molecule has 0 unspecified atom stereocenters. The lowest BCUT2D eigenvalue weighted by molar-refractivity contribution is -0.133. The predicted molar refractivity (Wildman–Crippen MR) is 128 cm³/mol. The number of hydrogen-bond acceptors (Lipinski definition) is 4. The molecule has 6 heteroatoms. The molecule has 3 aromatic rings. The number of nitrogens with zero attached hydrogens (tertiary/aromatic N) is 3. The lowest BCUT2D eigenvalue weighted by Gasteiger charge is -2.42. The van der Waals surface area contributed by atoms with Crippen LogP contribution in [0.1, 0.15) is 28.9 Å². The molecule has 168 valence electrons. The maximum Gasteiger partial charge on any atom is 0.274 e. The van der Waals surface area contributed by atoms with Gasteiger partial charge in [-0.15, -0.1) is 6.58 Å². The van der Waals surface area contributed by atoms with Gasteiger partial charge in [0.1, 0.15) is 5.69 Å². The minimum Gasteiger partial charge on any atom is -0.352 e. The van der Waals surface area contributed by atoms with Gasteiger partial charge in [-0.05, 0) is 36.0 Å². The van der Waals surface area contributed by atoms with E-state index in [2.05, 4.69) is 46.1 Å². The molecule has 1 atom stereocenters. The number of nitrogens with one attached hydrogen (secondary N) is 1. The fourth-order valence-corrected chi connectivity index (χ4v) is 4.58. The molecule has 2 amide bonds. The van der Waals surface area contributed by atoms with E-state index < -0.39 is 5.41 Å². The van der Waals surface area contributed by atoms with Crippen LogP contribution in [-0.2, 0) is 11.2 Å². The molecule has 33 heavy (non-hydrogen) atoms. The average molecular weight is 441 g/mol. The van der Waals surface area contributed by atoms with Crippen molar-refractivity contribution in [2.24, 2.45) is 5.41 Å². The highest BCUT2D eigenvalue weighted by Crippen LogP contribution is 2.37. The number of rotatable bonds is 7. The van der Waals surface area contributed by atoms with Crippen molar-refractivity contribution in [2.45, 2.75) is 19.3 Å². The normalized spacial score (nSPS) is 17.9. The van der Waals surface area contributed by atoms with Gasteiger partial charge in [-0.1, -0.05) is 60.7 Å². The summed E-state index contributed by atoms with van der Waals surface area (Å²) in [6.45, 7) is 5.03. The van der Waals surface area contributed by atoms with Gasteiger partial charge in [0.25, 0.3) is 5.91 Å². The Kier molecular flexibility index (Phi) is 6.93. The Morgan fingerprint density at radius 2 is 1.88 bits per heavy atom. The first-order chi connectivity index (χ1) is 16.1.